The number of benzene rings is 2. The molecule has 2 N–H and O–H groups in total. The number of anilines is 1. The molecular weight excluding hydrogens is 414 g/mol. The number of aromatic nitrogens is 3. The Bertz CT molecular complexity index is 1110. The topological polar surface area (TPSA) is 98.1 Å². The molecule has 1 aliphatic carbocycles. The van der Waals surface area contributed by atoms with Crippen LogP contribution in [0.4, 0.5) is 5.69 Å². The molecule has 3 aromatic rings. The lowest BCUT2D eigenvalue weighted by molar-refractivity contribution is -0.113. The molecule has 1 fully saturated rings. The van der Waals surface area contributed by atoms with Gasteiger partial charge in [0.05, 0.1) is 29.8 Å². The quantitative estimate of drug-likeness (QED) is 0.525. The van der Waals surface area contributed by atoms with Gasteiger partial charge >= 0.3 is 0 Å². The monoisotopic (exact) mass is 437 g/mol. The lowest BCUT2D eigenvalue weighted by Crippen LogP contribution is -2.27. The van der Waals surface area contributed by atoms with Gasteiger partial charge in [0.15, 0.2) is 5.16 Å². The van der Waals surface area contributed by atoms with Crippen LogP contribution in [0.3, 0.4) is 0 Å². The first-order chi connectivity index (χ1) is 15.0. The predicted molar refractivity (Wildman–Crippen MR) is 119 cm³/mol. The maximum atomic E-state index is 12.6. The molecule has 0 saturated heterocycles. The number of nitrogens with zero attached hydrogens (tertiary/aromatic N) is 3. The van der Waals surface area contributed by atoms with Crippen molar-refractivity contribution in [3.8, 4) is 11.4 Å². The smallest absolute Gasteiger partial charge is 0.253 e. The Kier molecular flexibility index (Phi) is 6.22. The molecule has 1 aromatic heterocycles. The summed E-state index contributed by atoms with van der Waals surface area (Å²) in [7, 11) is 1.61. The second-order valence-electron chi connectivity index (χ2n) is 7.20. The Morgan fingerprint density at radius 2 is 1.97 bits per heavy atom. The summed E-state index contributed by atoms with van der Waals surface area (Å²) in [6, 6.07) is 14.8. The van der Waals surface area contributed by atoms with Crippen molar-refractivity contribution in [1.82, 2.24) is 20.1 Å². The average Bonchev–Trinajstić information content (AvgIpc) is 3.52. The molecule has 1 heterocycles. The Labute approximate surface area is 184 Å². The van der Waals surface area contributed by atoms with Crippen LogP contribution in [-0.4, -0.2) is 45.5 Å². The first kappa shape index (κ1) is 20.9. The second-order valence-corrected chi connectivity index (χ2v) is 8.14. The van der Waals surface area contributed by atoms with Crippen molar-refractivity contribution in [3.63, 3.8) is 0 Å². The Balaban J connectivity index is 1.44. The van der Waals surface area contributed by atoms with Crippen molar-refractivity contribution in [3.05, 3.63) is 59.9 Å². The van der Waals surface area contributed by atoms with Crippen LogP contribution in [-0.2, 0) is 4.79 Å². The summed E-state index contributed by atoms with van der Waals surface area (Å²) in [6.45, 7) is 1.85. The van der Waals surface area contributed by atoms with Crippen LogP contribution in [0.2, 0.25) is 0 Å². The molecule has 1 saturated carbocycles. The number of rotatable bonds is 8. The van der Waals surface area contributed by atoms with Gasteiger partial charge < -0.3 is 15.4 Å². The Morgan fingerprint density at radius 3 is 2.74 bits per heavy atom. The predicted octanol–water partition coefficient (Wildman–Crippen LogP) is 3.21. The zero-order chi connectivity index (χ0) is 21.8. The lowest BCUT2D eigenvalue weighted by Gasteiger charge is -2.12. The van der Waals surface area contributed by atoms with E-state index in [1.807, 2.05) is 35.8 Å². The van der Waals surface area contributed by atoms with E-state index in [1.54, 1.807) is 31.4 Å². The molecule has 0 aliphatic heterocycles. The van der Waals surface area contributed by atoms with Gasteiger partial charge in [-0.3, -0.25) is 14.2 Å². The normalized spacial score (nSPS) is 13.0. The highest BCUT2D eigenvalue weighted by Gasteiger charge is 2.25. The third kappa shape index (κ3) is 5.05. The fraction of sp³-hybridized carbons (Fsp3) is 0.273. The molecule has 0 atom stereocenters. The van der Waals surface area contributed by atoms with Gasteiger partial charge in [-0.25, -0.2) is 0 Å². The molecule has 0 radical (unpaired) electrons. The van der Waals surface area contributed by atoms with Crippen molar-refractivity contribution in [2.24, 2.45) is 0 Å². The highest BCUT2D eigenvalue weighted by Crippen LogP contribution is 2.25. The molecule has 2 amide bonds. The van der Waals surface area contributed by atoms with Crippen molar-refractivity contribution < 1.29 is 14.3 Å². The van der Waals surface area contributed by atoms with Crippen LogP contribution in [0.15, 0.2) is 53.7 Å². The van der Waals surface area contributed by atoms with Crippen LogP contribution in [0.5, 0.6) is 5.75 Å². The second kappa shape index (κ2) is 9.22. The lowest BCUT2D eigenvalue weighted by atomic mass is 10.1. The van der Waals surface area contributed by atoms with Crippen LogP contribution >= 0.6 is 11.8 Å². The summed E-state index contributed by atoms with van der Waals surface area (Å²) in [6.07, 6.45) is 2.01. The molecular formula is C22H23N5O3S. The van der Waals surface area contributed by atoms with E-state index in [0.717, 1.165) is 24.3 Å². The van der Waals surface area contributed by atoms with Gasteiger partial charge in [0, 0.05) is 12.1 Å². The van der Waals surface area contributed by atoms with Gasteiger partial charge in [0.1, 0.15) is 11.6 Å². The number of ether oxygens (including phenoxy) is 1. The molecule has 1 aliphatic rings. The van der Waals surface area contributed by atoms with Crippen LogP contribution in [0.1, 0.15) is 29.0 Å². The fourth-order valence-electron chi connectivity index (χ4n) is 3.08. The first-order valence-electron chi connectivity index (χ1n) is 9.94. The van der Waals surface area contributed by atoms with Gasteiger partial charge in [0.25, 0.3) is 5.91 Å². The maximum absolute atomic E-state index is 12.6. The van der Waals surface area contributed by atoms with Gasteiger partial charge in [0.2, 0.25) is 5.91 Å². The van der Waals surface area contributed by atoms with E-state index >= 15 is 0 Å². The zero-order valence-corrected chi connectivity index (χ0v) is 18.1. The molecule has 160 valence electrons. The first-order valence-corrected chi connectivity index (χ1v) is 10.9. The molecule has 0 unspecified atom stereocenters. The number of hydrogen-bond acceptors (Lipinski definition) is 6. The highest BCUT2D eigenvalue weighted by atomic mass is 32.2. The van der Waals surface area contributed by atoms with E-state index < -0.39 is 0 Å². The third-order valence-electron chi connectivity index (χ3n) is 4.80. The SMILES string of the molecule is COc1cccc(-n2c(C)nnc2SCC(=O)Nc2ccccc2C(=O)NC2CC2)c1. The van der Waals surface area contributed by atoms with Crippen molar-refractivity contribution >= 4 is 29.3 Å². The number of aryl methyl sites for hydroxylation is 1. The number of para-hydroxylation sites is 1. The average molecular weight is 438 g/mol. The summed E-state index contributed by atoms with van der Waals surface area (Å²) in [5, 5.41) is 14.7. The molecule has 9 heteroatoms. The number of hydrogen-bond donors (Lipinski definition) is 2. The van der Waals surface area contributed by atoms with Gasteiger partial charge in [-0.15, -0.1) is 10.2 Å². The minimum atomic E-state index is -0.227. The number of thioether (sulfide) groups is 1. The number of carbonyl (C=O) groups excluding carboxylic acids is 2. The zero-order valence-electron chi connectivity index (χ0n) is 17.3. The highest BCUT2D eigenvalue weighted by molar-refractivity contribution is 7.99. The summed E-state index contributed by atoms with van der Waals surface area (Å²) in [5.41, 5.74) is 1.81. The number of amides is 2. The summed E-state index contributed by atoms with van der Waals surface area (Å²) in [5.74, 6) is 1.16. The summed E-state index contributed by atoms with van der Waals surface area (Å²) < 4.78 is 7.17. The van der Waals surface area contributed by atoms with Gasteiger partial charge in [-0.05, 0) is 44.0 Å². The Morgan fingerprint density at radius 1 is 1.16 bits per heavy atom. The summed E-state index contributed by atoms with van der Waals surface area (Å²) >= 11 is 1.27. The van der Waals surface area contributed by atoms with E-state index in [4.69, 9.17) is 4.74 Å². The fourth-order valence-corrected chi connectivity index (χ4v) is 3.88. The maximum Gasteiger partial charge on any atom is 0.253 e. The van der Waals surface area contributed by atoms with E-state index in [1.165, 1.54) is 11.8 Å². The van der Waals surface area contributed by atoms with E-state index in [0.29, 0.717) is 22.2 Å². The number of methoxy groups -OCH3 is 1. The molecule has 31 heavy (non-hydrogen) atoms. The summed E-state index contributed by atoms with van der Waals surface area (Å²) in [4.78, 5) is 25.0. The largest absolute Gasteiger partial charge is 0.497 e. The standard InChI is InChI=1S/C22H23N5O3S/c1-14-25-26-22(27(14)16-6-5-7-17(12-16)30-2)31-13-20(28)24-19-9-4-3-8-18(19)21(29)23-15-10-11-15/h3-9,12,15H,10-11,13H2,1-2H3,(H,23,29)(H,24,28). The number of nitrogens with one attached hydrogen (secondary N) is 2. The molecule has 8 nitrogen and oxygen atoms in total. The van der Waals surface area contributed by atoms with E-state index in [9.17, 15) is 9.59 Å². The van der Waals surface area contributed by atoms with E-state index in [-0.39, 0.29) is 23.6 Å². The van der Waals surface area contributed by atoms with Crippen molar-refractivity contribution in [2.75, 3.05) is 18.2 Å². The minimum absolute atomic E-state index is 0.126. The minimum Gasteiger partial charge on any atom is -0.497 e. The van der Waals surface area contributed by atoms with E-state index in [2.05, 4.69) is 20.8 Å². The third-order valence-corrected chi connectivity index (χ3v) is 5.73. The number of carbonyl (C=O) groups is 2. The van der Waals surface area contributed by atoms with Crippen molar-refractivity contribution in [1.29, 1.82) is 0 Å². The molecule has 2 aromatic carbocycles. The van der Waals surface area contributed by atoms with Crippen molar-refractivity contribution in [2.45, 2.75) is 31.0 Å². The molecule has 0 spiro atoms. The molecule has 4 rings (SSSR count). The van der Waals surface area contributed by atoms with Crippen LogP contribution < -0.4 is 15.4 Å². The van der Waals surface area contributed by atoms with Gasteiger partial charge in [-0.2, -0.15) is 0 Å². The Hall–Kier alpha value is -3.33. The van der Waals surface area contributed by atoms with Gasteiger partial charge in [-0.1, -0.05) is 30.0 Å². The van der Waals surface area contributed by atoms with Crippen LogP contribution in [0.25, 0.3) is 5.69 Å². The molecule has 0 bridgehead atoms. The van der Waals surface area contributed by atoms with Crippen LogP contribution in [0, 0.1) is 6.92 Å².